The number of rotatable bonds is 4. The highest BCUT2D eigenvalue weighted by Crippen LogP contribution is 2.43. The van der Waals surface area contributed by atoms with Gasteiger partial charge in [-0.25, -0.2) is 0 Å². The Morgan fingerprint density at radius 3 is 2.64 bits per heavy atom. The van der Waals surface area contributed by atoms with Crippen LogP contribution in [0, 0.1) is 17.8 Å². The lowest BCUT2D eigenvalue weighted by molar-refractivity contribution is 0.204. The van der Waals surface area contributed by atoms with Crippen molar-refractivity contribution in [3.63, 3.8) is 0 Å². The molecule has 2 aliphatic carbocycles. The molecule has 118 valence electrons. The topological polar surface area (TPSA) is 15.7 Å². The zero-order valence-electron chi connectivity index (χ0n) is 13.4. The lowest BCUT2D eigenvalue weighted by atomic mass is 9.93. The molecular weight excluding hydrogens is 272 g/mol. The SMILES string of the molecule is COc1cccc(N2CCN(C[C@H]3C[C@@H]4C=C[C@H]3C4)CC2)c1. The summed E-state index contributed by atoms with van der Waals surface area (Å²) in [5, 5.41) is 0. The standard InChI is InChI=1S/C19H26N2O/c1-22-19-4-2-3-18(13-19)21-9-7-20(8-10-21)14-17-12-15-5-6-16(17)11-15/h2-6,13,15-17H,7-12,14H2,1H3/t15-,16+,17-/m1/s1. The van der Waals surface area contributed by atoms with Crippen molar-refractivity contribution in [3.8, 4) is 5.75 Å². The zero-order valence-corrected chi connectivity index (χ0v) is 13.4. The van der Waals surface area contributed by atoms with Gasteiger partial charge in [0.05, 0.1) is 7.11 Å². The minimum atomic E-state index is 0.876. The van der Waals surface area contributed by atoms with Gasteiger partial charge in [-0.15, -0.1) is 0 Å². The summed E-state index contributed by atoms with van der Waals surface area (Å²) in [7, 11) is 1.74. The largest absolute Gasteiger partial charge is 0.497 e. The molecular formula is C19H26N2O. The molecule has 22 heavy (non-hydrogen) atoms. The van der Waals surface area contributed by atoms with Gasteiger partial charge in [0.1, 0.15) is 5.75 Å². The second-order valence-electron chi connectivity index (χ2n) is 7.03. The fraction of sp³-hybridized carbons (Fsp3) is 0.579. The van der Waals surface area contributed by atoms with Crippen LogP contribution in [0.5, 0.6) is 5.75 Å². The molecule has 2 bridgehead atoms. The van der Waals surface area contributed by atoms with Gasteiger partial charge in [0.2, 0.25) is 0 Å². The van der Waals surface area contributed by atoms with E-state index in [0.29, 0.717) is 0 Å². The molecule has 1 aromatic carbocycles. The molecule has 2 fully saturated rings. The second-order valence-corrected chi connectivity index (χ2v) is 7.03. The summed E-state index contributed by atoms with van der Waals surface area (Å²) in [4.78, 5) is 5.16. The molecule has 0 amide bonds. The molecule has 3 heteroatoms. The van der Waals surface area contributed by atoms with Gasteiger partial charge in [0.15, 0.2) is 0 Å². The average molecular weight is 298 g/mol. The Kier molecular flexibility index (Phi) is 3.83. The maximum absolute atomic E-state index is 5.34. The van der Waals surface area contributed by atoms with Crippen molar-refractivity contribution < 1.29 is 4.74 Å². The molecule has 0 N–H and O–H groups in total. The molecule has 4 rings (SSSR count). The first-order valence-electron chi connectivity index (χ1n) is 8.61. The first-order chi connectivity index (χ1) is 10.8. The summed E-state index contributed by atoms with van der Waals surface area (Å²) in [5.41, 5.74) is 1.29. The van der Waals surface area contributed by atoms with E-state index in [9.17, 15) is 0 Å². The number of ether oxygens (including phenoxy) is 1. The van der Waals surface area contributed by atoms with E-state index in [1.165, 1.54) is 38.2 Å². The molecule has 0 radical (unpaired) electrons. The number of nitrogens with zero attached hydrogens (tertiary/aromatic N) is 2. The van der Waals surface area contributed by atoms with Crippen LogP contribution in [0.15, 0.2) is 36.4 Å². The van der Waals surface area contributed by atoms with Crippen LogP contribution in [0.4, 0.5) is 5.69 Å². The van der Waals surface area contributed by atoms with Crippen LogP contribution in [0.2, 0.25) is 0 Å². The number of hydrogen-bond acceptors (Lipinski definition) is 3. The van der Waals surface area contributed by atoms with Crippen LogP contribution in [-0.4, -0.2) is 44.7 Å². The second kappa shape index (κ2) is 5.96. The molecule has 3 atom stereocenters. The molecule has 1 aromatic rings. The van der Waals surface area contributed by atoms with E-state index in [4.69, 9.17) is 4.74 Å². The lowest BCUT2D eigenvalue weighted by Gasteiger charge is -2.38. The van der Waals surface area contributed by atoms with Crippen LogP contribution >= 0.6 is 0 Å². The van der Waals surface area contributed by atoms with Crippen molar-refractivity contribution in [3.05, 3.63) is 36.4 Å². The summed E-state index contributed by atoms with van der Waals surface area (Å²) in [6.45, 7) is 5.94. The van der Waals surface area contributed by atoms with E-state index >= 15 is 0 Å². The highest BCUT2D eigenvalue weighted by atomic mass is 16.5. The molecule has 3 nitrogen and oxygen atoms in total. The van der Waals surface area contributed by atoms with Gasteiger partial charge in [-0.1, -0.05) is 18.2 Å². The third kappa shape index (κ3) is 2.74. The van der Waals surface area contributed by atoms with E-state index in [2.05, 4.69) is 40.2 Å². The van der Waals surface area contributed by atoms with Gasteiger partial charge in [-0.05, 0) is 42.7 Å². The Labute approximate surface area is 133 Å². The minimum absolute atomic E-state index is 0.876. The third-order valence-electron chi connectivity index (χ3n) is 5.70. The maximum atomic E-state index is 5.34. The number of fused-ring (bicyclic) bond motifs is 2. The Balaban J connectivity index is 1.31. The van der Waals surface area contributed by atoms with E-state index in [1.54, 1.807) is 7.11 Å². The summed E-state index contributed by atoms with van der Waals surface area (Å²) in [5.74, 6) is 3.64. The normalized spacial score (nSPS) is 31.0. The molecule has 0 aromatic heterocycles. The lowest BCUT2D eigenvalue weighted by Crippen LogP contribution is -2.48. The summed E-state index contributed by atoms with van der Waals surface area (Å²) in [6, 6.07) is 8.44. The van der Waals surface area contributed by atoms with E-state index in [0.717, 1.165) is 36.6 Å². The molecule has 1 heterocycles. The third-order valence-corrected chi connectivity index (χ3v) is 5.70. The Bertz CT molecular complexity index is 548. The predicted octanol–water partition coefficient (Wildman–Crippen LogP) is 3.03. The fourth-order valence-corrected chi connectivity index (χ4v) is 4.43. The molecule has 0 spiro atoms. The fourth-order valence-electron chi connectivity index (χ4n) is 4.43. The van der Waals surface area contributed by atoms with Gasteiger partial charge >= 0.3 is 0 Å². The number of benzene rings is 1. The smallest absolute Gasteiger partial charge is 0.120 e. The number of piperazine rings is 1. The first kappa shape index (κ1) is 14.1. The van der Waals surface area contributed by atoms with E-state index in [-0.39, 0.29) is 0 Å². The van der Waals surface area contributed by atoms with Gasteiger partial charge in [0.25, 0.3) is 0 Å². The minimum Gasteiger partial charge on any atom is -0.497 e. The van der Waals surface area contributed by atoms with E-state index < -0.39 is 0 Å². The van der Waals surface area contributed by atoms with Crippen LogP contribution in [-0.2, 0) is 0 Å². The Morgan fingerprint density at radius 1 is 1.09 bits per heavy atom. The maximum Gasteiger partial charge on any atom is 0.120 e. The molecule has 1 saturated heterocycles. The van der Waals surface area contributed by atoms with Crippen molar-refractivity contribution in [2.24, 2.45) is 17.8 Å². The van der Waals surface area contributed by atoms with Crippen molar-refractivity contribution in [2.45, 2.75) is 12.8 Å². The molecule has 3 aliphatic rings. The molecule has 1 aliphatic heterocycles. The van der Waals surface area contributed by atoms with E-state index in [1.807, 2.05) is 6.07 Å². The summed E-state index contributed by atoms with van der Waals surface area (Å²) < 4.78 is 5.34. The average Bonchev–Trinajstić information content (AvgIpc) is 3.18. The summed E-state index contributed by atoms with van der Waals surface area (Å²) >= 11 is 0. The van der Waals surface area contributed by atoms with Crippen LogP contribution in [0.1, 0.15) is 12.8 Å². The number of allylic oxidation sites excluding steroid dienone is 2. The number of hydrogen-bond donors (Lipinski definition) is 0. The number of anilines is 1. The van der Waals surface area contributed by atoms with Crippen LogP contribution in [0.25, 0.3) is 0 Å². The molecule has 1 saturated carbocycles. The Hall–Kier alpha value is -1.48. The monoisotopic (exact) mass is 298 g/mol. The van der Waals surface area contributed by atoms with Crippen molar-refractivity contribution in [2.75, 3.05) is 44.7 Å². The van der Waals surface area contributed by atoms with Crippen molar-refractivity contribution >= 4 is 5.69 Å². The molecule has 0 unspecified atom stereocenters. The summed E-state index contributed by atoms with van der Waals surface area (Å²) in [6.07, 6.45) is 7.78. The predicted molar refractivity (Wildman–Crippen MR) is 90.5 cm³/mol. The van der Waals surface area contributed by atoms with Gasteiger partial charge in [-0.2, -0.15) is 0 Å². The van der Waals surface area contributed by atoms with Crippen molar-refractivity contribution in [1.82, 2.24) is 4.90 Å². The highest BCUT2D eigenvalue weighted by Gasteiger charge is 2.36. The first-order valence-corrected chi connectivity index (χ1v) is 8.61. The quantitative estimate of drug-likeness (QED) is 0.795. The van der Waals surface area contributed by atoms with Crippen LogP contribution in [0.3, 0.4) is 0 Å². The highest BCUT2D eigenvalue weighted by molar-refractivity contribution is 5.51. The van der Waals surface area contributed by atoms with Gasteiger partial charge in [-0.3, -0.25) is 4.90 Å². The number of methoxy groups -OCH3 is 1. The Morgan fingerprint density at radius 2 is 1.95 bits per heavy atom. The van der Waals surface area contributed by atoms with Crippen LogP contribution < -0.4 is 9.64 Å². The zero-order chi connectivity index (χ0) is 14.9. The van der Waals surface area contributed by atoms with Gasteiger partial charge < -0.3 is 9.64 Å². The van der Waals surface area contributed by atoms with Gasteiger partial charge in [0, 0.05) is 44.5 Å². The van der Waals surface area contributed by atoms with Crippen molar-refractivity contribution in [1.29, 1.82) is 0 Å².